The number of ether oxygens (including phenoxy) is 1. The van der Waals surface area contributed by atoms with Gasteiger partial charge in [0.2, 0.25) is 11.8 Å². The zero-order valence-corrected chi connectivity index (χ0v) is 13.9. The number of halogens is 1. The van der Waals surface area contributed by atoms with Crippen molar-refractivity contribution in [3.63, 3.8) is 0 Å². The van der Waals surface area contributed by atoms with Crippen LogP contribution in [0.3, 0.4) is 0 Å². The van der Waals surface area contributed by atoms with Gasteiger partial charge >= 0.3 is 0 Å². The molecule has 2 aromatic rings. The molecule has 0 saturated carbocycles. The van der Waals surface area contributed by atoms with Gasteiger partial charge in [0.1, 0.15) is 11.2 Å². The molecule has 134 valence electrons. The van der Waals surface area contributed by atoms with Crippen molar-refractivity contribution in [2.24, 2.45) is 0 Å². The van der Waals surface area contributed by atoms with Crippen LogP contribution >= 0.6 is 0 Å². The summed E-state index contributed by atoms with van der Waals surface area (Å²) in [4.78, 5) is 38.4. The molecule has 0 unspecified atom stereocenters. The van der Waals surface area contributed by atoms with Gasteiger partial charge in [0, 0.05) is 13.1 Å². The SMILES string of the molecule is COc1ccc2c(c1F)C(=O)N(C[C@@]1(c3ccco3)CC(=O)NC1=O)C2. The number of amides is 3. The van der Waals surface area contributed by atoms with E-state index in [1.165, 1.54) is 24.3 Å². The third kappa shape index (κ3) is 2.22. The lowest BCUT2D eigenvalue weighted by Gasteiger charge is -2.28. The van der Waals surface area contributed by atoms with Crippen molar-refractivity contribution < 1.29 is 27.9 Å². The van der Waals surface area contributed by atoms with Crippen LogP contribution in [0.4, 0.5) is 4.39 Å². The van der Waals surface area contributed by atoms with Crippen LogP contribution in [-0.2, 0) is 21.5 Å². The van der Waals surface area contributed by atoms with E-state index < -0.39 is 29.0 Å². The Balaban J connectivity index is 1.70. The molecule has 1 saturated heterocycles. The van der Waals surface area contributed by atoms with Gasteiger partial charge < -0.3 is 14.1 Å². The minimum Gasteiger partial charge on any atom is -0.494 e. The van der Waals surface area contributed by atoms with Crippen LogP contribution in [0.15, 0.2) is 34.9 Å². The number of carbonyl (C=O) groups is 3. The van der Waals surface area contributed by atoms with E-state index in [9.17, 15) is 18.8 Å². The Kier molecular flexibility index (Phi) is 3.57. The van der Waals surface area contributed by atoms with E-state index in [2.05, 4.69) is 5.32 Å². The summed E-state index contributed by atoms with van der Waals surface area (Å²) < 4.78 is 24.8. The van der Waals surface area contributed by atoms with Crippen LogP contribution in [0.25, 0.3) is 0 Å². The second-order valence-electron chi connectivity index (χ2n) is 6.39. The number of imide groups is 1. The largest absolute Gasteiger partial charge is 0.494 e. The molecule has 26 heavy (non-hydrogen) atoms. The predicted molar refractivity (Wildman–Crippen MR) is 85.8 cm³/mol. The van der Waals surface area contributed by atoms with Crippen molar-refractivity contribution in [1.29, 1.82) is 0 Å². The monoisotopic (exact) mass is 358 g/mol. The van der Waals surface area contributed by atoms with Gasteiger partial charge in [0.15, 0.2) is 11.6 Å². The van der Waals surface area contributed by atoms with E-state index in [0.29, 0.717) is 11.3 Å². The Bertz CT molecular complexity index is 924. The van der Waals surface area contributed by atoms with Crippen molar-refractivity contribution in [2.45, 2.75) is 18.4 Å². The zero-order chi connectivity index (χ0) is 18.5. The molecule has 2 aliphatic rings. The van der Waals surface area contributed by atoms with Crippen molar-refractivity contribution in [3.8, 4) is 5.75 Å². The summed E-state index contributed by atoms with van der Waals surface area (Å²) in [6.45, 7) is 0.0480. The molecule has 0 aliphatic carbocycles. The highest BCUT2D eigenvalue weighted by Crippen LogP contribution is 2.37. The van der Waals surface area contributed by atoms with Crippen molar-refractivity contribution in [1.82, 2.24) is 10.2 Å². The minimum absolute atomic E-state index is 0.0199. The van der Waals surface area contributed by atoms with E-state index in [-0.39, 0.29) is 30.8 Å². The fourth-order valence-electron chi connectivity index (χ4n) is 3.61. The predicted octanol–water partition coefficient (Wildman–Crippen LogP) is 1.37. The summed E-state index contributed by atoms with van der Waals surface area (Å²) in [6.07, 6.45) is 1.27. The summed E-state index contributed by atoms with van der Waals surface area (Å²) in [5, 5.41) is 2.27. The summed E-state index contributed by atoms with van der Waals surface area (Å²) in [5.74, 6) is -1.97. The Morgan fingerprint density at radius 3 is 2.73 bits per heavy atom. The fraction of sp³-hybridized carbons (Fsp3) is 0.278. The first-order valence-electron chi connectivity index (χ1n) is 7.99. The van der Waals surface area contributed by atoms with Gasteiger partial charge in [0.05, 0.1) is 25.4 Å². The summed E-state index contributed by atoms with van der Waals surface area (Å²) in [7, 11) is 1.32. The van der Waals surface area contributed by atoms with E-state index >= 15 is 0 Å². The van der Waals surface area contributed by atoms with E-state index in [4.69, 9.17) is 9.15 Å². The molecule has 2 aliphatic heterocycles. The van der Waals surface area contributed by atoms with Gasteiger partial charge in [-0.25, -0.2) is 4.39 Å². The number of hydrogen-bond acceptors (Lipinski definition) is 5. The molecule has 3 amide bonds. The third-order valence-electron chi connectivity index (χ3n) is 4.88. The fourth-order valence-corrected chi connectivity index (χ4v) is 3.61. The molecule has 1 N–H and O–H groups in total. The van der Waals surface area contributed by atoms with Gasteiger partial charge in [-0.3, -0.25) is 19.7 Å². The Labute approximate surface area is 147 Å². The molecule has 1 aromatic carbocycles. The molecule has 0 radical (unpaired) electrons. The van der Waals surface area contributed by atoms with Crippen LogP contribution in [0.2, 0.25) is 0 Å². The Morgan fingerprint density at radius 1 is 1.31 bits per heavy atom. The summed E-state index contributed by atoms with van der Waals surface area (Å²) in [6, 6.07) is 6.28. The van der Waals surface area contributed by atoms with Crippen LogP contribution in [0, 0.1) is 5.82 Å². The molecular weight excluding hydrogens is 343 g/mol. The van der Waals surface area contributed by atoms with Gasteiger partial charge in [-0.15, -0.1) is 0 Å². The first-order valence-corrected chi connectivity index (χ1v) is 7.99. The quantitative estimate of drug-likeness (QED) is 0.834. The molecule has 7 nitrogen and oxygen atoms in total. The zero-order valence-electron chi connectivity index (χ0n) is 13.9. The molecule has 0 bridgehead atoms. The highest BCUT2D eigenvalue weighted by molar-refractivity contribution is 6.09. The average molecular weight is 358 g/mol. The number of carbonyl (C=O) groups excluding carboxylic acids is 3. The molecule has 1 atom stereocenters. The lowest BCUT2D eigenvalue weighted by atomic mass is 9.82. The van der Waals surface area contributed by atoms with E-state index in [1.807, 2.05) is 0 Å². The summed E-state index contributed by atoms with van der Waals surface area (Å²) >= 11 is 0. The van der Waals surface area contributed by atoms with Crippen LogP contribution in [0.1, 0.15) is 28.1 Å². The first kappa shape index (κ1) is 16.3. The van der Waals surface area contributed by atoms with E-state index in [0.717, 1.165) is 0 Å². The van der Waals surface area contributed by atoms with Gasteiger partial charge in [-0.05, 0) is 23.8 Å². The maximum Gasteiger partial charge on any atom is 0.257 e. The van der Waals surface area contributed by atoms with E-state index in [1.54, 1.807) is 18.2 Å². The van der Waals surface area contributed by atoms with Crippen LogP contribution in [-0.4, -0.2) is 36.3 Å². The van der Waals surface area contributed by atoms with Crippen LogP contribution in [0.5, 0.6) is 5.75 Å². The number of furan rings is 1. The smallest absolute Gasteiger partial charge is 0.257 e. The Hall–Kier alpha value is -3.16. The molecule has 1 fully saturated rings. The average Bonchev–Trinajstić information content (AvgIpc) is 3.29. The summed E-state index contributed by atoms with van der Waals surface area (Å²) in [5.41, 5.74) is -0.880. The first-order chi connectivity index (χ1) is 12.5. The number of nitrogens with zero attached hydrogens (tertiary/aromatic N) is 1. The maximum absolute atomic E-state index is 14.5. The molecule has 0 spiro atoms. The lowest BCUT2D eigenvalue weighted by Crippen LogP contribution is -2.46. The number of fused-ring (bicyclic) bond motifs is 1. The number of hydrogen-bond donors (Lipinski definition) is 1. The third-order valence-corrected chi connectivity index (χ3v) is 4.88. The number of methoxy groups -OCH3 is 1. The topological polar surface area (TPSA) is 88.8 Å². The lowest BCUT2D eigenvalue weighted by molar-refractivity contribution is -0.127. The maximum atomic E-state index is 14.5. The van der Waals surface area contributed by atoms with Gasteiger partial charge in [-0.2, -0.15) is 0 Å². The second-order valence-corrected chi connectivity index (χ2v) is 6.39. The second kappa shape index (κ2) is 5.69. The van der Waals surface area contributed by atoms with Crippen LogP contribution < -0.4 is 10.1 Å². The molecule has 4 rings (SSSR count). The van der Waals surface area contributed by atoms with Crippen molar-refractivity contribution in [2.75, 3.05) is 13.7 Å². The number of nitrogens with one attached hydrogen (secondary N) is 1. The molecule has 8 heteroatoms. The normalized spacial score (nSPS) is 21.9. The van der Waals surface area contributed by atoms with Crippen molar-refractivity contribution in [3.05, 3.63) is 53.2 Å². The highest BCUT2D eigenvalue weighted by atomic mass is 19.1. The number of rotatable bonds is 4. The molecule has 3 heterocycles. The Morgan fingerprint density at radius 2 is 2.12 bits per heavy atom. The van der Waals surface area contributed by atoms with Crippen molar-refractivity contribution >= 4 is 17.7 Å². The van der Waals surface area contributed by atoms with Gasteiger partial charge in [-0.1, -0.05) is 6.07 Å². The highest BCUT2D eigenvalue weighted by Gasteiger charge is 2.53. The minimum atomic E-state index is -1.32. The molecule has 1 aromatic heterocycles. The number of benzene rings is 1. The van der Waals surface area contributed by atoms with Gasteiger partial charge in [0.25, 0.3) is 5.91 Å². The standard InChI is InChI=1S/C18H15FN2O5/c1-25-11-5-4-10-8-21(16(23)14(10)15(11)19)9-18(12-3-2-6-26-12)7-13(22)20-17(18)24/h2-6H,7-9H2,1H3,(H,20,22,24)/t18-/m1/s1. The molecular formula is C18H15FN2O5.